The summed E-state index contributed by atoms with van der Waals surface area (Å²) in [5, 5.41) is 2.87. The molecule has 0 bridgehead atoms. The van der Waals surface area contributed by atoms with E-state index < -0.39 is 11.7 Å². The molecule has 0 aromatic heterocycles. The summed E-state index contributed by atoms with van der Waals surface area (Å²) < 4.78 is 43.2. The normalized spacial score (nSPS) is 24.7. The number of fused-ring (bicyclic) bond motifs is 1. The summed E-state index contributed by atoms with van der Waals surface area (Å²) in [5.41, 5.74) is -0.190. The molecule has 154 valence electrons. The van der Waals surface area contributed by atoms with Crippen LogP contribution in [0.25, 0.3) is 0 Å². The van der Waals surface area contributed by atoms with Crippen LogP contribution in [0.1, 0.15) is 17.5 Å². The third kappa shape index (κ3) is 4.32. The first kappa shape index (κ1) is 19.6. The van der Waals surface area contributed by atoms with Gasteiger partial charge in [-0.1, -0.05) is 11.8 Å². The van der Waals surface area contributed by atoms with Crippen LogP contribution in [-0.4, -0.2) is 66.7 Å². The molecule has 0 unspecified atom stereocenters. The zero-order valence-corrected chi connectivity index (χ0v) is 15.5. The number of urea groups is 1. The van der Waals surface area contributed by atoms with Crippen molar-refractivity contribution in [3.05, 3.63) is 35.4 Å². The van der Waals surface area contributed by atoms with Crippen molar-refractivity contribution in [2.45, 2.75) is 24.7 Å². The molecular weight excluding hydrogens is 387 g/mol. The van der Waals surface area contributed by atoms with Crippen molar-refractivity contribution in [1.29, 1.82) is 0 Å². The molecule has 3 aliphatic rings. The minimum Gasteiger partial charge on any atom is -0.366 e. The first-order valence-electron chi connectivity index (χ1n) is 9.43. The number of likely N-dealkylation sites (tertiary alicyclic amines) is 2. The second-order valence-electron chi connectivity index (χ2n) is 7.49. The van der Waals surface area contributed by atoms with Gasteiger partial charge in [0.2, 0.25) is 5.91 Å². The van der Waals surface area contributed by atoms with E-state index in [1.807, 2.05) is 0 Å². The third-order valence-corrected chi connectivity index (χ3v) is 5.38. The van der Waals surface area contributed by atoms with Gasteiger partial charge in [0, 0.05) is 31.7 Å². The van der Waals surface area contributed by atoms with E-state index in [9.17, 15) is 22.8 Å². The maximum atomic E-state index is 12.6. The largest absolute Gasteiger partial charge is 0.416 e. The topological polar surface area (TPSA) is 61.9 Å². The number of nitrogens with one attached hydrogen (secondary N) is 1. The summed E-state index contributed by atoms with van der Waals surface area (Å²) in [6.45, 7) is 2.04. The molecule has 0 aliphatic carbocycles. The number of rotatable bonds is 0. The number of carbonyl (C=O) groups excluding carboxylic acids is 2. The Labute approximate surface area is 166 Å². The van der Waals surface area contributed by atoms with E-state index in [1.54, 1.807) is 9.80 Å². The first-order valence-corrected chi connectivity index (χ1v) is 9.43. The smallest absolute Gasteiger partial charge is 0.366 e. The number of halogens is 3. The lowest BCUT2D eigenvalue weighted by molar-refractivity contribution is -0.140. The van der Waals surface area contributed by atoms with Crippen LogP contribution in [0.5, 0.6) is 0 Å². The van der Waals surface area contributed by atoms with Gasteiger partial charge in [0.1, 0.15) is 6.61 Å². The van der Waals surface area contributed by atoms with Gasteiger partial charge in [-0.2, -0.15) is 13.2 Å². The van der Waals surface area contributed by atoms with Gasteiger partial charge >= 0.3 is 12.2 Å². The summed E-state index contributed by atoms with van der Waals surface area (Å²) in [7, 11) is 0. The predicted octanol–water partition coefficient (Wildman–Crippen LogP) is 1.70. The number of hydrogen-bond acceptors (Lipinski definition) is 3. The molecule has 0 spiro atoms. The summed E-state index contributed by atoms with van der Waals surface area (Å²) in [6.07, 6.45) is -3.72. The van der Waals surface area contributed by atoms with Crippen LogP contribution in [0, 0.1) is 17.8 Å². The molecule has 1 N–H and O–H groups in total. The monoisotopic (exact) mass is 407 g/mol. The van der Waals surface area contributed by atoms with E-state index in [0.29, 0.717) is 38.2 Å². The van der Waals surface area contributed by atoms with Gasteiger partial charge in [0.05, 0.1) is 23.6 Å². The minimum atomic E-state index is -4.36. The Hall–Kier alpha value is -2.73. The maximum Gasteiger partial charge on any atom is 0.416 e. The van der Waals surface area contributed by atoms with E-state index >= 15 is 0 Å². The van der Waals surface area contributed by atoms with Gasteiger partial charge in [-0.25, -0.2) is 4.79 Å². The quantitative estimate of drug-likeness (QED) is 0.666. The van der Waals surface area contributed by atoms with Crippen molar-refractivity contribution in [3.8, 4) is 11.8 Å². The molecule has 3 saturated heterocycles. The Morgan fingerprint density at radius 1 is 1.14 bits per heavy atom. The number of alkyl halides is 3. The molecule has 9 heteroatoms. The summed E-state index contributed by atoms with van der Waals surface area (Å²) in [6, 6.07) is 4.46. The van der Waals surface area contributed by atoms with Gasteiger partial charge < -0.3 is 19.9 Å². The van der Waals surface area contributed by atoms with Crippen molar-refractivity contribution < 1.29 is 27.5 Å². The fourth-order valence-electron chi connectivity index (χ4n) is 3.73. The molecule has 0 radical (unpaired) electrons. The van der Waals surface area contributed by atoms with Crippen LogP contribution in [-0.2, 0) is 15.7 Å². The maximum absolute atomic E-state index is 12.6. The number of hydrogen-bond donors (Lipinski definition) is 1. The first-order chi connectivity index (χ1) is 13.8. The zero-order valence-electron chi connectivity index (χ0n) is 15.5. The average molecular weight is 407 g/mol. The highest BCUT2D eigenvalue weighted by Crippen LogP contribution is 2.29. The van der Waals surface area contributed by atoms with Crippen LogP contribution in [0.3, 0.4) is 0 Å². The molecule has 0 saturated carbocycles. The van der Waals surface area contributed by atoms with E-state index in [-0.39, 0.29) is 36.6 Å². The second kappa shape index (κ2) is 7.59. The van der Waals surface area contributed by atoms with Crippen LogP contribution in [0.15, 0.2) is 24.3 Å². The van der Waals surface area contributed by atoms with Crippen molar-refractivity contribution >= 4 is 11.9 Å². The van der Waals surface area contributed by atoms with Gasteiger partial charge in [0.25, 0.3) is 0 Å². The van der Waals surface area contributed by atoms with Crippen molar-refractivity contribution in [2.24, 2.45) is 5.92 Å². The summed E-state index contributed by atoms with van der Waals surface area (Å²) >= 11 is 0. The summed E-state index contributed by atoms with van der Waals surface area (Å²) in [4.78, 5) is 27.5. The van der Waals surface area contributed by atoms with E-state index in [0.717, 1.165) is 12.1 Å². The number of amides is 3. The highest BCUT2D eigenvalue weighted by atomic mass is 19.4. The molecule has 4 rings (SSSR count). The van der Waals surface area contributed by atoms with E-state index in [4.69, 9.17) is 4.74 Å². The van der Waals surface area contributed by atoms with Gasteiger partial charge in [-0.3, -0.25) is 4.79 Å². The van der Waals surface area contributed by atoms with Crippen molar-refractivity contribution in [1.82, 2.24) is 15.1 Å². The fraction of sp³-hybridized carbons (Fsp3) is 0.500. The molecule has 3 fully saturated rings. The van der Waals surface area contributed by atoms with E-state index in [1.165, 1.54) is 12.1 Å². The molecule has 3 amide bonds. The average Bonchev–Trinajstić information content (AvgIpc) is 2.65. The lowest BCUT2D eigenvalue weighted by Crippen LogP contribution is -2.64. The van der Waals surface area contributed by atoms with Crippen LogP contribution in [0.4, 0.5) is 18.0 Å². The van der Waals surface area contributed by atoms with Gasteiger partial charge in [-0.05, 0) is 30.7 Å². The number of ether oxygens (including phenoxy) is 1. The molecule has 1 aromatic carbocycles. The van der Waals surface area contributed by atoms with Crippen LogP contribution < -0.4 is 5.32 Å². The number of piperidine rings is 1. The zero-order chi connectivity index (χ0) is 20.6. The Morgan fingerprint density at radius 2 is 1.86 bits per heavy atom. The van der Waals surface area contributed by atoms with Gasteiger partial charge in [0.15, 0.2) is 0 Å². The molecular formula is C20H20F3N3O3. The standard InChI is InChI=1S/C20H20F3N3O3/c21-20(22,23)15-5-3-13(4-6-15)1-2-14-9-26(10-14)19(28)25-8-7-17-16(11-25)24-18(27)12-29-17/h3-6,14,16-17H,7-12H2,(H,24,27)/t16-,17+/m1/s1. The third-order valence-electron chi connectivity index (χ3n) is 5.38. The molecule has 6 nitrogen and oxygen atoms in total. The number of morpholine rings is 1. The molecule has 1 aromatic rings. The van der Waals surface area contributed by atoms with Crippen molar-refractivity contribution in [3.63, 3.8) is 0 Å². The Balaban J connectivity index is 1.27. The Morgan fingerprint density at radius 3 is 2.55 bits per heavy atom. The van der Waals surface area contributed by atoms with Crippen molar-refractivity contribution in [2.75, 3.05) is 32.8 Å². The summed E-state index contributed by atoms with van der Waals surface area (Å²) in [5.74, 6) is 5.72. The molecule has 3 aliphatic heterocycles. The minimum absolute atomic E-state index is 0.00324. The molecule has 2 atom stereocenters. The lowest BCUT2D eigenvalue weighted by Gasteiger charge is -2.45. The lowest BCUT2D eigenvalue weighted by atomic mass is 9.98. The van der Waals surface area contributed by atoms with Gasteiger partial charge in [-0.15, -0.1) is 0 Å². The SMILES string of the molecule is O=C1CO[C@H]2CCN(C(=O)N3CC(C#Cc4ccc(C(F)(F)F)cc4)C3)C[C@H]2N1. The Kier molecular flexibility index (Phi) is 5.13. The van der Waals surface area contributed by atoms with Crippen LogP contribution in [0.2, 0.25) is 0 Å². The Bertz CT molecular complexity index is 854. The van der Waals surface area contributed by atoms with Crippen LogP contribution >= 0.6 is 0 Å². The predicted molar refractivity (Wildman–Crippen MR) is 96.6 cm³/mol. The fourth-order valence-corrected chi connectivity index (χ4v) is 3.73. The highest BCUT2D eigenvalue weighted by Gasteiger charge is 2.39. The van der Waals surface area contributed by atoms with E-state index in [2.05, 4.69) is 17.2 Å². The highest BCUT2D eigenvalue weighted by molar-refractivity contribution is 5.79. The number of carbonyl (C=O) groups is 2. The number of nitrogens with zero attached hydrogens (tertiary/aromatic N) is 2. The molecule has 29 heavy (non-hydrogen) atoms. The number of benzene rings is 1. The second-order valence-corrected chi connectivity index (χ2v) is 7.49. The molecule has 3 heterocycles.